The number of rotatable bonds is 5. The largest absolute Gasteiger partial charge is 0.315 e. The van der Waals surface area contributed by atoms with Gasteiger partial charge < -0.3 is 10.2 Å². The molecule has 2 aliphatic rings. The molecule has 4 unspecified atom stereocenters. The van der Waals surface area contributed by atoms with Crippen molar-refractivity contribution in [3.8, 4) is 0 Å². The van der Waals surface area contributed by atoms with E-state index in [1.165, 1.54) is 52.1 Å². The smallest absolute Gasteiger partial charge is 0.0276 e. The summed E-state index contributed by atoms with van der Waals surface area (Å²) in [5, 5.41) is 3.60. The Morgan fingerprint density at radius 3 is 2.29 bits per heavy atom. The second-order valence-electron chi connectivity index (χ2n) is 7.62. The van der Waals surface area contributed by atoms with Gasteiger partial charge in [0.25, 0.3) is 0 Å². The molecule has 1 saturated carbocycles. The van der Waals surface area contributed by atoms with Crippen molar-refractivity contribution in [2.75, 3.05) is 60.4 Å². The van der Waals surface area contributed by atoms with Gasteiger partial charge in [-0.3, -0.25) is 9.80 Å². The lowest BCUT2D eigenvalue weighted by Gasteiger charge is -2.48. The van der Waals surface area contributed by atoms with Crippen molar-refractivity contribution in [1.29, 1.82) is 0 Å². The highest BCUT2D eigenvalue weighted by molar-refractivity contribution is 4.94. The first-order valence-corrected chi connectivity index (χ1v) is 8.79. The van der Waals surface area contributed by atoms with Crippen LogP contribution < -0.4 is 5.32 Å². The number of hydrogen-bond acceptors (Lipinski definition) is 4. The van der Waals surface area contributed by atoms with Gasteiger partial charge in [-0.1, -0.05) is 13.8 Å². The molecule has 1 aliphatic carbocycles. The molecule has 0 spiro atoms. The standard InChI is InChI=1S/C17H36N4/c1-14-12-15(2)17(16(13-14)18-3)21-10-8-20(9-11-21)7-6-19(4)5/h14-18H,6-13H2,1-5H3. The van der Waals surface area contributed by atoms with Crippen molar-refractivity contribution in [1.82, 2.24) is 20.0 Å². The first-order valence-electron chi connectivity index (χ1n) is 8.79. The molecule has 0 aromatic rings. The van der Waals surface area contributed by atoms with Gasteiger partial charge in [0.05, 0.1) is 0 Å². The van der Waals surface area contributed by atoms with Gasteiger partial charge in [-0.05, 0) is 45.8 Å². The summed E-state index contributed by atoms with van der Waals surface area (Å²) in [5.41, 5.74) is 0. The Morgan fingerprint density at radius 2 is 1.71 bits per heavy atom. The van der Waals surface area contributed by atoms with E-state index in [-0.39, 0.29) is 0 Å². The van der Waals surface area contributed by atoms with Crippen LogP contribution in [-0.4, -0.2) is 87.2 Å². The van der Waals surface area contributed by atoms with Gasteiger partial charge in [0.1, 0.15) is 0 Å². The normalized spacial score (nSPS) is 36.3. The second-order valence-corrected chi connectivity index (χ2v) is 7.62. The van der Waals surface area contributed by atoms with Crippen LogP contribution in [0.1, 0.15) is 26.7 Å². The number of nitrogens with one attached hydrogen (secondary N) is 1. The van der Waals surface area contributed by atoms with Crippen molar-refractivity contribution in [3.63, 3.8) is 0 Å². The van der Waals surface area contributed by atoms with Crippen LogP contribution in [0.2, 0.25) is 0 Å². The molecular weight excluding hydrogens is 260 g/mol. The van der Waals surface area contributed by atoms with Crippen LogP contribution >= 0.6 is 0 Å². The Labute approximate surface area is 131 Å². The Morgan fingerprint density at radius 1 is 1.05 bits per heavy atom. The lowest BCUT2D eigenvalue weighted by atomic mass is 9.75. The van der Waals surface area contributed by atoms with Gasteiger partial charge in [0.15, 0.2) is 0 Å². The van der Waals surface area contributed by atoms with Crippen LogP contribution in [0.5, 0.6) is 0 Å². The maximum absolute atomic E-state index is 3.60. The zero-order valence-corrected chi connectivity index (χ0v) is 14.8. The van der Waals surface area contributed by atoms with Crippen molar-refractivity contribution in [2.45, 2.75) is 38.8 Å². The van der Waals surface area contributed by atoms with Crippen LogP contribution in [0.25, 0.3) is 0 Å². The molecule has 0 aromatic heterocycles. The fourth-order valence-corrected chi connectivity index (χ4v) is 4.37. The van der Waals surface area contributed by atoms with Gasteiger partial charge in [-0.2, -0.15) is 0 Å². The van der Waals surface area contributed by atoms with E-state index in [0.717, 1.165) is 17.9 Å². The highest BCUT2D eigenvalue weighted by Gasteiger charge is 2.37. The number of likely N-dealkylation sites (N-methyl/N-ethyl adjacent to an activating group) is 2. The monoisotopic (exact) mass is 296 g/mol. The molecule has 0 bridgehead atoms. The van der Waals surface area contributed by atoms with Crippen LogP contribution in [-0.2, 0) is 0 Å². The zero-order valence-electron chi connectivity index (χ0n) is 14.8. The Hall–Kier alpha value is -0.160. The highest BCUT2D eigenvalue weighted by Crippen LogP contribution is 2.32. The number of nitrogens with zero attached hydrogens (tertiary/aromatic N) is 3. The topological polar surface area (TPSA) is 21.8 Å². The van der Waals surface area contributed by atoms with Crippen LogP contribution in [0.3, 0.4) is 0 Å². The lowest BCUT2D eigenvalue weighted by Crippen LogP contribution is -2.60. The summed E-state index contributed by atoms with van der Waals surface area (Å²) in [7, 11) is 6.48. The molecule has 1 N–H and O–H groups in total. The number of hydrogen-bond donors (Lipinski definition) is 1. The Balaban J connectivity index is 1.85. The number of piperazine rings is 1. The Bertz CT molecular complexity index is 299. The molecular formula is C17H36N4. The molecule has 1 aliphatic heterocycles. The van der Waals surface area contributed by atoms with Gasteiger partial charge >= 0.3 is 0 Å². The van der Waals surface area contributed by atoms with E-state index in [1.54, 1.807) is 0 Å². The van der Waals surface area contributed by atoms with Gasteiger partial charge in [0, 0.05) is 51.4 Å². The van der Waals surface area contributed by atoms with Gasteiger partial charge in [-0.15, -0.1) is 0 Å². The maximum Gasteiger partial charge on any atom is 0.0276 e. The summed E-state index contributed by atoms with van der Waals surface area (Å²) in [6.45, 7) is 12.2. The fourth-order valence-electron chi connectivity index (χ4n) is 4.37. The summed E-state index contributed by atoms with van der Waals surface area (Å²) in [4.78, 5) is 7.68. The maximum atomic E-state index is 3.60. The van der Waals surface area contributed by atoms with Crippen molar-refractivity contribution >= 4 is 0 Å². The van der Waals surface area contributed by atoms with Crippen molar-refractivity contribution in [3.05, 3.63) is 0 Å². The summed E-state index contributed by atoms with van der Waals surface area (Å²) in [6, 6.07) is 1.42. The first-order chi connectivity index (χ1) is 10.0. The third-order valence-corrected chi connectivity index (χ3v) is 5.49. The molecule has 1 heterocycles. The molecule has 21 heavy (non-hydrogen) atoms. The summed E-state index contributed by atoms with van der Waals surface area (Å²) < 4.78 is 0. The molecule has 4 heteroatoms. The van der Waals surface area contributed by atoms with Crippen LogP contribution in [0.15, 0.2) is 0 Å². The van der Waals surface area contributed by atoms with Gasteiger partial charge in [0.2, 0.25) is 0 Å². The van der Waals surface area contributed by atoms with Gasteiger partial charge in [-0.25, -0.2) is 0 Å². The molecule has 1 saturated heterocycles. The molecule has 4 nitrogen and oxygen atoms in total. The van der Waals surface area contributed by atoms with E-state index in [0.29, 0.717) is 6.04 Å². The van der Waals surface area contributed by atoms with Crippen molar-refractivity contribution < 1.29 is 0 Å². The summed E-state index contributed by atoms with van der Waals surface area (Å²) in [6.07, 6.45) is 2.73. The molecule has 0 radical (unpaired) electrons. The van der Waals surface area contributed by atoms with Crippen LogP contribution in [0, 0.1) is 11.8 Å². The van der Waals surface area contributed by atoms with E-state index in [9.17, 15) is 0 Å². The predicted octanol–water partition coefficient (Wildman–Crippen LogP) is 1.19. The molecule has 2 rings (SSSR count). The third-order valence-electron chi connectivity index (χ3n) is 5.49. The SMILES string of the molecule is CNC1CC(C)CC(C)C1N1CCN(CCN(C)C)CC1. The fraction of sp³-hybridized carbons (Fsp3) is 1.00. The van der Waals surface area contributed by atoms with Crippen LogP contribution in [0.4, 0.5) is 0 Å². The minimum atomic E-state index is 0.678. The van der Waals surface area contributed by atoms with E-state index >= 15 is 0 Å². The van der Waals surface area contributed by atoms with Crippen molar-refractivity contribution in [2.24, 2.45) is 11.8 Å². The minimum absolute atomic E-state index is 0.678. The predicted molar refractivity (Wildman–Crippen MR) is 90.8 cm³/mol. The average molecular weight is 297 g/mol. The lowest BCUT2D eigenvalue weighted by molar-refractivity contribution is 0.0244. The molecule has 0 amide bonds. The average Bonchev–Trinajstić information content (AvgIpc) is 2.45. The quantitative estimate of drug-likeness (QED) is 0.822. The van der Waals surface area contributed by atoms with E-state index in [1.807, 2.05) is 0 Å². The summed E-state index contributed by atoms with van der Waals surface area (Å²) >= 11 is 0. The Kier molecular flexibility index (Phi) is 6.48. The first kappa shape index (κ1) is 17.2. The molecule has 2 fully saturated rings. The molecule has 0 aromatic carbocycles. The zero-order chi connectivity index (χ0) is 15.4. The highest BCUT2D eigenvalue weighted by atomic mass is 15.3. The van der Waals surface area contributed by atoms with E-state index in [2.05, 4.69) is 55.0 Å². The second kappa shape index (κ2) is 7.91. The minimum Gasteiger partial charge on any atom is -0.315 e. The van der Waals surface area contributed by atoms with E-state index < -0.39 is 0 Å². The summed E-state index contributed by atoms with van der Waals surface area (Å²) in [5.74, 6) is 1.69. The third kappa shape index (κ3) is 4.65. The molecule has 4 atom stereocenters. The molecule has 124 valence electrons. The van der Waals surface area contributed by atoms with E-state index in [4.69, 9.17) is 0 Å².